The van der Waals surface area contributed by atoms with Crippen LogP contribution in [0.1, 0.15) is 12.8 Å². The Hall–Kier alpha value is -0.660. The van der Waals surface area contributed by atoms with Crippen molar-refractivity contribution in [3.8, 4) is 12.3 Å². The minimum atomic E-state index is 0.0283. The van der Waals surface area contributed by atoms with E-state index in [9.17, 15) is 4.79 Å². The summed E-state index contributed by atoms with van der Waals surface area (Å²) in [6.07, 6.45) is 9.56. The van der Waals surface area contributed by atoms with Crippen LogP contribution in [0.15, 0.2) is 0 Å². The number of hydrogen-bond donors (Lipinski definition) is 2. The lowest BCUT2D eigenvalue weighted by atomic mass is 10.4. The predicted molar refractivity (Wildman–Crippen MR) is 60.2 cm³/mol. The van der Waals surface area contributed by atoms with Crippen molar-refractivity contribution >= 4 is 17.7 Å². The second-order valence-electron chi connectivity index (χ2n) is 3.47. The maximum Gasteiger partial charge on any atom is 0.234 e. The molecule has 0 bridgehead atoms. The Balaban J connectivity index is 2.07. The molecule has 0 aromatic carbocycles. The summed E-state index contributed by atoms with van der Waals surface area (Å²) in [5.74, 6) is 2.45. The summed E-state index contributed by atoms with van der Waals surface area (Å²) in [6, 6.07) is 0. The molecule has 0 atom stereocenters. The molecular weight excluding hydrogens is 196 g/mol. The second-order valence-corrected chi connectivity index (χ2v) is 4.75. The fourth-order valence-electron chi connectivity index (χ4n) is 1.16. The summed E-state index contributed by atoms with van der Waals surface area (Å²) in [6.45, 7) is 1.54. The van der Waals surface area contributed by atoms with E-state index < -0.39 is 0 Å². The molecule has 0 saturated heterocycles. The average molecular weight is 212 g/mol. The molecule has 4 heteroatoms. The number of rotatable bonds is 6. The topological polar surface area (TPSA) is 41.1 Å². The van der Waals surface area contributed by atoms with E-state index in [1.807, 2.05) is 11.8 Å². The van der Waals surface area contributed by atoms with Crippen LogP contribution in [0, 0.1) is 12.3 Å². The maximum atomic E-state index is 11.3. The number of amides is 1. The number of hydrogen-bond acceptors (Lipinski definition) is 3. The third-order valence-corrected chi connectivity index (χ3v) is 3.78. The molecule has 1 amide bonds. The molecule has 0 aromatic rings. The molecule has 78 valence electrons. The van der Waals surface area contributed by atoms with Gasteiger partial charge in [-0.25, -0.2) is 0 Å². The van der Waals surface area contributed by atoms with E-state index in [1.54, 1.807) is 0 Å². The Labute approximate surface area is 89.4 Å². The van der Waals surface area contributed by atoms with Crippen LogP contribution < -0.4 is 10.6 Å². The number of carbonyl (C=O) groups excluding carboxylic acids is 1. The highest BCUT2D eigenvalue weighted by molar-refractivity contribution is 8.00. The third kappa shape index (κ3) is 3.60. The van der Waals surface area contributed by atoms with Crippen molar-refractivity contribution in [1.82, 2.24) is 10.6 Å². The van der Waals surface area contributed by atoms with Gasteiger partial charge >= 0.3 is 0 Å². The van der Waals surface area contributed by atoms with E-state index in [0.717, 1.165) is 6.54 Å². The van der Waals surface area contributed by atoms with Crippen LogP contribution in [0.3, 0.4) is 0 Å². The molecule has 1 fully saturated rings. The monoisotopic (exact) mass is 212 g/mol. The van der Waals surface area contributed by atoms with Gasteiger partial charge < -0.3 is 5.32 Å². The molecular formula is C10H16N2OS. The third-order valence-electron chi connectivity index (χ3n) is 2.36. The van der Waals surface area contributed by atoms with E-state index >= 15 is 0 Å². The first kappa shape index (κ1) is 11.4. The molecule has 1 aliphatic rings. The Bertz CT molecular complexity index is 243. The first-order chi connectivity index (χ1) is 6.72. The quantitative estimate of drug-likeness (QED) is 0.489. The lowest BCUT2D eigenvalue weighted by Gasteiger charge is -2.12. The lowest BCUT2D eigenvalue weighted by molar-refractivity contribution is -0.120. The summed E-state index contributed by atoms with van der Waals surface area (Å²) >= 11 is 1.84. The van der Waals surface area contributed by atoms with Crippen LogP contribution >= 0.6 is 11.8 Å². The largest absolute Gasteiger partial charge is 0.354 e. The van der Waals surface area contributed by atoms with Crippen molar-refractivity contribution < 1.29 is 4.79 Å². The van der Waals surface area contributed by atoms with Crippen LogP contribution in [0.4, 0.5) is 0 Å². The fourth-order valence-corrected chi connectivity index (χ4v) is 1.89. The van der Waals surface area contributed by atoms with Crippen LogP contribution in [-0.2, 0) is 4.79 Å². The van der Waals surface area contributed by atoms with E-state index in [4.69, 9.17) is 6.42 Å². The van der Waals surface area contributed by atoms with Gasteiger partial charge in [0.2, 0.25) is 5.91 Å². The molecule has 0 spiro atoms. The van der Waals surface area contributed by atoms with Crippen LogP contribution in [0.5, 0.6) is 0 Å². The van der Waals surface area contributed by atoms with Gasteiger partial charge in [0.1, 0.15) is 0 Å². The van der Waals surface area contributed by atoms with Crippen LogP contribution in [-0.4, -0.2) is 36.5 Å². The minimum Gasteiger partial charge on any atom is -0.354 e. The minimum absolute atomic E-state index is 0.0283. The number of nitrogens with one attached hydrogen (secondary N) is 2. The Kier molecular flexibility index (Phi) is 4.30. The summed E-state index contributed by atoms with van der Waals surface area (Å²) in [5, 5.41) is 5.76. The van der Waals surface area contributed by atoms with E-state index in [1.165, 1.54) is 12.8 Å². The van der Waals surface area contributed by atoms with Crippen LogP contribution in [0.25, 0.3) is 0 Å². The highest BCUT2D eigenvalue weighted by atomic mass is 32.2. The highest BCUT2D eigenvalue weighted by Crippen LogP contribution is 2.46. The molecule has 14 heavy (non-hydrogen) atoms. The van der Waals surface area contributed by atoms with Crippen molar-refractivity contribution in [3.63, 3.8) is 0 Å². The van der Waals surface area contributed by atoms with Gasteiger partial charge in [-0.1, -0.05) is 5.92 Å². The molecule has 0 aliphatic heterocycles. The highest BCUT2D eigenvalue weighted by Gasteiger charge is 2.41. The molecule has 1 rings (SSSR count). The van der Waals surface area contributed by atoms with Crippen LogP contribution in [0.2, 0.25) is 0 Å². The summed E-state index contributed by atoms with van der Waals surface area (Å²) in [7, 11) is 0. The molecule has 0 aromatic heterocycles. The van der Waals surface area contributed by atoms with Gasteiger partial charge in [-0.15, -0.1) is 6.42 Å². The standard InChI is InChI=1S/C10H16N2OS/c1-3-6-11-7-9(13)12-8-10(14-2)4-5-10/h1,11H,4-8H2,2H3,(H,12,13). The molecule has 0 heterocycles. The van der Waals surface area contributed by atoms with Gasteiger partial charge in [0.05, 0.1) is 13.1 Å². The SMILES string of the molecule is C#CCNCC(=O)NCC1(SC)CC1. The normalized spacial score (nSPS) is 17.1. The molecule has 1 aliphatic carbocycles. The van der Waals surface area contributed by atoms with Crippen molar-refractivity contribution in [2.24, 2.45) is 0 Å². The average Bonchev–Trinajstić information content (AvgIpc) is 2.96. The van der Waals surface area contributed by atoms with E-state index in [2.05, 4.69) is 22.8 Å². The first-order valence-corrected chi connectivity index (χ1v) is 5.91. The van der Waals surface area contributed by atoms with Gasteiger partial charge in [0.15, 0.2) is 0 Å². The van der Waals surface area contributed by atoms with Gasteiger partial charge in [-0.2, -0.15) is 11.8 Å². The number of carbonyl (C=O) groups is 1. The fraction of sp³-hybridized carbons (Fsp3) is 0.700. The van der Waals surface area contributed by atoms with Gasteiger partial charge in [-0.05, 0) is 19.1 Å². The zero-order valence-electron chi connectivity index (χ0n) is 8.43. The van der Waals surface area contributed by atoms with Gasteiger partial charge in [0.25, 0.3) is 0 Å². The van der Waals surface area contributed by atoms with Crippen molar-refractivity contribution in [3.05, 3.63) is 0 Å². The molecule has 2 N–H and O–H groups in total. The van der Waals surface area contributed by atoms with Gasteiger partial charge in [-0.3, -0.25) is 10.1 Å². The maximum absolute atomic E-state index is 11.3. The number of thioether (sulfide) groups is 1. The molecule has 3 nitrogen and oxygen atoms in total. The van der Waals surface area contributed by atoms with Crippen molar-refractivity contribution in [2.45, 2.75) is 17.6 Å². The first-order valence-electron chi connectivity index (χ1n) is 4.68. The summed E-state index contributed by atoms with van der Waals surface area (Å²) in [5.41, 5.74) is 0. The van der Waals surface area contributed by atoms with Crippen molar-refractivity contribution in [1.29, 1.82) is 0 Å². The zero-order chi connectivity index (χ0) is 10.4. The summed E-state index contributed by atoms with van der Waals surface area (Å²) < 4.78 is 0.335. The van der Waals surface area contributed by atoms with Gasteiger partial charge in [0, 0.05) is 11.3 Å². The molecule has 0 unspecified atom stereocenters. The number of terminal acetylenes is 1. The Morgan fingerprint density at radius 2 is 2.36 bits per heavy atom. The molecule has 0 radical (unpaired) electrons. The predicted octanol–water partition coefficient (Wildman–Crippen LogP) is 0.221. The Morgan fingerprint density at radius 1 is 1.64 bits per heavy atom. The summed E-state index contributed by atoms with van der Waals surface area (Å²) in [4.78, 5) is 11.3. The van der Waals surface area contributed by atoms with Crippen molar-refractivity contribution in [2.75, 3.05) is 25.9 Å². The Morgan fingerprint density at radius 3 is 2.86 bits per heavy atom. The lowest BCUT2D eigenvalue weighted by Crippen LogP contribution is -2.38. The zero-order valence-corrected chi connectivity index (χ0v) is 9.25. The smallest absolute Gasteiger partial charge is 0.234 e. The van der Waals surface area contributed by atoms with E-state index in [0.29, 0.717) is 17.8 Å². The second kappa shape index (κ2) is 5.28. The molecule has 1 saturated carbocycles. The van der Waals surface area contributed by atoms with E-state index in [-0.39, 0.29) is 5.91 Å².